The molecule has 0 spiro atoms. The van der Waals surface area contributed by atoms with Crippen molar-refractivity contribution in [2.75, 3.05) is 5.32 Å². The van der Waals surface area contributed by atoms with E-state index in [1.807, 2.05) is 12.1 Å². The lowest BCUT2D eigenvalue weighted by atomic mass is 9.90. The summed E-state index contributed by atoms with van der Waals surface area (Å²) in [6, 6.07) is 11.6. The Balaban J connectivity index is 1.81. The Labute approximate surface area is 128 Å². The predicted molar refractivity (Wildman–Crippen MR) is 84.1 cm³/mol. The van der Waals surface area contributed by atoms with Crippen LogP contribution < -0.4 is 5.32 Å². The lowest BCUT2D eigenvalue weighted by Gasteiger charge is -2.19. The van der Waals surface area contributed by atoms with Crippen molar-refractivity contribution in [2.45, 2.75) is 25.7 Å². The molecule has 3 rings (SSSR count). The number of hydrogen-bond donors (Lipinski definition) is 1. The third-order valence-electron chi connectivity index (χ3n) is 3.98. The summed E-state index contributed by atoms with van der Waals surface area (Å²) in [7, 11) is 0. The van der Waals surface area contributed by atoms with Gasteiger partial charge in [-0.1, -0.05) is 12.1 Å². The number of amides is 1. The number of benzene rings is 2. The highest BCUT2D eigenvalue weighted by Gasteiger charge is 2.15. The summed E-state index contributed by atoms with van der Waals surface area (Å²) < 4.78 is 0. The Kier molecular flexibility index (Phi) is 3.87. The number of nitro benzene ring substituents is 1. The molecule has 5 heteroatoms. The normalized spacial score (nSPS) is 13.3. The number of carbonyl (C=O) groups is 1. The van der Waals surface area contributed by atoms with E-state index in [4.69, 9.17) is 0 Å². The summed E-state index contributed by atoms with van der Waals surface area (Å²) in [6.45, 7) is 0. The first-order chi connectivity index (χ1) is 10.6. The first kappa shape index (κ1) is 14.3. The van der Waals surface area contributed by atoms with Gasteiger partial charge in [0.1, 0.15) is 0 Å². The zero-order chi connectivity index (χ0) is 15.5. The van der Waals surface area contributed by atoms with Gasteiger partial charge in [0.05, 0.1) is 4.92 Å². The zero-order valence-electron chi connectivity index (χ0n) is 12.0. The molecule has 0 bridgehead atoms. The lowest BCUT2D eigenvalue weighted by molar-refractivity contribution is -0.384. The van der Waals surface area contributed by atoms with E-state index in [1.54, 1.807) is 0 Å². The standard InChI is InChI=1S/C17H16N2O3/c20-17(13-8-10-14(11-9-13)19(21)22)18-16-7-3-5-12-4-1-2-6-15(12)16/h3,5,7-11H,1-2,4,6H2,(H,18,20). The average molecular weight is 296 g/mol. The van der Waals surface area contributed by atoms with Crippen molar-refractivity contribution < 1.29 is 9.72 Å². The van der Waals surface area contributed by atoms with Crippen LogP contribution in [-0.4, -0.2) is 10.8 Å². The number of fused-ring (bicyclic) bond motifs is 1. The maximum Gasteiger partial charge on any atom is 0.269 e. The largest absolute Gasteiger partial charge is 0.322 e. The van der Waals surface area contributed by atoms with Gasteiger partial charge in [-0.2, -0.15) is 0 Å². The molecule has 112 valence electrons. The molecule has 0 aromatic heterocycles. The van der Waals surface area contributed by atoms with E-state index < -0.39 is 4.92 Å². The molecule has 0 heterocycles. The van der Waals surface area contributed by atoms with Crippen molar-refractivity contribution in [3.05, 3.63) is 69.3 Å². The smallest absolute Gasteiger partial charge is 0.269 e. The Morgan fingerprint density at radius 1 is 1.05 bits per heavy atom. The van der Waals surface area contributed by atoms with Gasteiger partial charge >= 0.3 is 0 Å². The maximum absolute atomic E-state index is 12.3. The molecule has 1 aliphatic carbocycles. The topological polar surface area (TPSA) is 72.2 Å². The third kappa shape index (κ3) is 2.83. The second kappa shape index (κ2) is 5.97. The van der Waals surface area contributed by atoms with E-state index >= 15 is 0 Å². The number of nitro groups is 1. The molecule has 1 aliphatic rings. The molecular formula is C17H16N2O3. The molecule has 0 fully saturated rings. The molecule has 0 atom stereocenters. The molecule has 22 heavy (non-hydrogen) atoms. The van der Waals surface area contributed by atoms with Crippen molar-refractivity contribution in [3.63, 3.8) is 0 Å². The molecule has 0 aliphatic heterocycles. The molecule has 0 unspecified atom stereocenters. The Morgan fingerprint density at radius 2 is 1.77 bits per heavy atom. The van der Waals surface area contributed by atoms with E-state index in [1.165, 1.54) is 41.8 Å². The number of anilines is 1. The fourth-order valence-electron chi connectivity index (χ4n) is 2.83. The first-order valence-corrected chi connectivity index (χ1v) is 7.32. The van der Waals surface area contributed by atoms with E-state index in [0.717, 1.165) is 24.9 Å². The van der Waals surface area contributed by atoms with Gasteiger partial charge < -0.3 is 5.32 Å². The summed E-state index contributed by atoms with van der Waals surface area (Å²) in [4.78, 5) is 22.5. The second-order valence-electron chi connectivity index (χ2n) is 5.41. The van der Waals surface area contributed by atoms with Crippen molar-refractivity contribution in [1.29, 1.82) is 0 Å². The van der Waals surface area contributed by atoms with Crippen LogP contribution in [0.15, 0.2) is 42.5 Å². The molecule has 0 saturated heterocycles. The Hall–Kier alpha value is -2.69. The van der Waals surface area contributed by atoms with E-state index in [2.05, 4.69) is 11.4 Å². The van der Waals surface area contributed by atoms with Crippen LogP contribution >= 0.6 is 0 Å². The second-order valence-corrected chi connectivity index (χ2v) is 5.41. The van der Waals surface area contributed by atoms with E-state index in [9.17, 15) is 14.9 Å². The van der Waals surface area contributed by atoms with E-state index in [0.29, 0.717) is 5.56 Å². The summed E-state index contributed by atoms with van der Waals surface area (Å²) in [6.07, 6.45) is 4.35. The number of nitrogens with zero attached hydrogens (tertiary/aromatic N) is 1. The molecule has 5 nitrogen and oxygen atoms in total. The number of non-ortho nitro benzene ring substituents is 1. The van der Waals surface area contributed by atoms with Crippen LogP contribution in [0, 0.1) is 10.1 Å². The fourth-order valence-corrected chi connectivity index (χ4v) is 2.83. The Bertz CT molecular complexity index is 723. The molecule has 2 aromatic rings. The minimum Gasteiger partial charge on any atom is -0.322 e. The summed E-state index contributed by atoms with van der Waals surface area (Å²) >= 11 is 0. The summed E-state index contributed by atoms with van der Waals surface area (Å²) in [5.41, 5.74) is 3.75. The van der Waals surface area contributed by atoms with Gasteiger partial charge in [0.2, 0.25) is 0 Å². The minimum atomic E-state index is -0.477. The molecule has 0 saturated carbocycles. The zero-order valence-corrected chi connectivity index (χ0v) is 12.0. The highest BCUT2D eigenvalue weighted by molar-refractivity contribution is 6.04. The molecular weight excluding hydrogens is 280 g/mol. The first-order valence-electron chi connectivity index (χ1n) is 7.32. The van der Waals surface area contributed by atoms with Crippen LogP contribution in [0.25, 0.3) is 0 Å². The van der Waals surface area contributed by atoms with Gasteiger partial charge in [-0.05, 0) is 55.0 Å². The van der Waals surface area contributed by atoms with Gasteiger partial charge in [-0.3, -0.25) is 14.9 Å². The van der Waals surface area contributed by atoms with Gasteiger partial charge in [-0.25, -0.2) is 0 Å². The monoisotopic (exact) mass is 296 g/mol. The van der Waals surface area contributed by atoms with Gasteiger partial charge in [-0.15, -0.1) is 0 Å². The van der Waals surface area contributed by atoms with Crippen molar-refractivity contribution in [2.24, 2.45) is 0 Å². The summed E-state index contributed by atoms with van der Waals surface area (Å²) in [5, 5.41) is 13.6. The van der Waals surface area contributed by atoms with Gasteiger partial charge in [0.15, 0.2) is 0 Å². The van der Waals surface area contributed by atoms with Crippen LogP contribution in [-0.2, 0) is 12.8 Å². The van der Waals surface area contributed by atoms with E-state index in [-0.39, 0.29) is 11.6 Å². The SMILES string of the molecule is O=C(Nc1cccc2c1CCCC2)c1ccc([N+](=O)[O-])cc1. The molecule has 0 radical (unpaired) electrons. The van der Waals surface area contributed by atoms with Crippen LogP contribution in [0.4, 0.5) is 11.4 Å². The minimum absolute atomic E-state index is 0.0198. The number of aryl methyl sites for hydroxylation is 1. The maximum atomic E-state index is 12.3. The van der Waals surface area contributed by atoms with Gasteiger partial charge in [0.25, 0.3) is 11.6 Å². The number of rotatable bonds is 3. The van der Waals surface area contributed by atoms with Crippen LogP contribution in [0.1, 0.15) is 34.3 Å². The van der Waals surface area contributed by atoms with Crippen LogP contribution in [0.3, 0.4) is 0 Å². The highest BCUT2D eigenvalue weighted by atomic mass is 16.6. The Morgan fingerprint density at radius 3 is 2.50 bits per heavy atom. The third-order valence-corrected chi connectivity index (χ3v) is 3.98. The van der Waals surface area contributed by atoms with Gasteiger partial charge in [0, 0.05) is 23.4 Å². The summed E-state index contributed by atoms with van der Waals surface area (Å²) in [5.74, 6) is -0.242. The number of nitrogens with one attached hydrogen (secondary N) is 1. The highest BCUT2D eigenvalue weighted by Crippen LogP contribution is 2.28. The molecule has 1 amide bonds. The predicted octanol–water partition coefficient (Wildman–Crippen LogP) is 3.73. The van der Waals surface area contributed by atoms with Crippen LogP contribution in [0.5, 0.6) is 0 Å². The van der Waals surface area contributed by atoms with Crippen molar-refractivity contribution in [3.8, 4) is 0 Å². The fraction of sp³-hybridized carbons (Fsp3) is 0.235. The van der Waals surface area contributed by atoms with Crippen molar-refractivity contribution >= 4 is 17.3 Å². The molecule has 2 aromatic carbocycles. The number of hydrogen-bond acceptors (Lipinski definition) is 3. The van der Waals surface area contributed by atoms with Crippen molar-refractivity contribution in [1.82, 2.24) is 0 Å². The average Bonchev–Trinajstić information content (AvgIpc) is 2.55. The quantitative estimate of drug-likeness (QED) is 0.693. The lowest BCUT2D eigenvalue weighted by Crippen LogP contribution is -2.15. The van der Waals surface area contributed by atoms with Crippen LogP contribution in [0.2, 0.25) is 0 Å². The number of carbonyl (C=O) groups excluding carboxylic acids is 1. The molecule has 1 N–H and O–H groups in total.